The quantitative estimate of drug-likeness (QED) is 0.827. The lowest BCUT2D eigenvalue weighted by atomic mass is 9.99. The number of hydrogen-bond acceptors (Lipinski definition) is 4. The van der Waals surface area contributed by atoms with Crippen LogP contribution in [0.5, 0.6) is 0 Å². The Balaban J connectivity index is 1.74. The Morgan fingerprint density at radius 3 is 3.17 bits per heavy atom. The van der Waals surface area contributed by atoms with Crippen molar-refractivity contribution < 1.29 is 4.79 Å². The Labute approximate surface area is 108 Å². The van der Waals surface area contributed by atoms with E-state index in [0.717, 1.165) is 25.3 Å². The number of carbonyl (C=O) groups excluding carboxylic acids is 1. The van der Waals surface area contributed by atoms with Crippen LogP contribution in [0.1, 0.15) is 44.9 Å². The summed E-state index contributed by atoms with van der Waals surface area (Å²) in [6.07, 6.45) is 7.31. The van der Waals surface area contributed by atoms with Crippen LogP contribution in [0.15, 0.2) is 6.33 Å². The smallest absolute Gasteiger partial charge is 0.140 e. The lowest BCUT2D eigenvalue weighted by molar-refractivity contribution is -0.118. The first kappa shape index (κ1) is 13.2. The van der Waals surface area contributed by atoms with Crippen molar-refractivity contribution in [3.8, 4) is 0 Å². The molecule has 1 saturated heterocycles. The van der Waals surface area contributed by atoms with E-state index in [0.29, 0.717) is 18.9 Å². The van der Waals surface area contributed by atoms with Crippen LogP contribution in [0.3, 0.4) is 0 Å². The number of ketones is 1. The molecule has 2 rings (SSSR count). The normalized spacial score (nSPS) is 19.9. The van der Waals surface area contributed by atoms with Gasteiger partial charge >= 0.3 is 0 Å². The van der Waals surface area contributed by atoms with Crippen molar-refractivity contribution in [2.45, 2.75) is 58.0 Å². The van der Waals surface area contributed by atoms with E-state index in [1.165, 1.54) is 25.6 Å². The molecule has 0 saturated carbocycles. The summed E-state index contributed by atoms with van der Waals surface area (Å²) in [5.74, 6) is 1.06. The number of aryl methyl sites for hydroxylation is 1. The number of hydrogen-bond donors (Lipinski definition) is 1. The molecule has 0 amide bonds. The zero-order chi connectivity index (χ0) is 12.8. The summed E-state index contributed by atoms with van der Waals surface area (Å²) >= 11 is 0. The average Bonchev–Trinajstić information content (AvgIpc) is 2.85. The Bertz CT molecular complexity index is 382. The fourth-order valence-corrected chi connectivity index (χ4v) is 2.46. The van der Waals surface area contributed by atoms with Crippen LogP contribution in [0.2, 0.25) is 0 Å². The highest BCUT2D eigenvalue weighted by Crippen LogP contribution is 2.12. The largest absolute Gasteiger partial charge is 0.314 e. The van der Waals surface area contributed by atoms with Crippen molar-refractivity contribution in [2.24, 2.45) is 0 Å². The molecule has 1 aliphatic heterocycles. The molecule has 5 heteroatoms. The second-order valence-corrected chi connectivity index (χ2v) is 4.89. The summed E-state index contributed by atoms with van der Waals surface area (Å²) in [6.45, 7) is 3.88. The number of Topliss-reactive ketones (excluding diaryl/α,β-unsaturated/α-hetero) is 1. The Hall–Kier alpha value is -1.23. The highest BCUT2D eigenvalue weighted by Gasteiger charge is 2.15. The molecule has 2 heterocycles. The first-order valence-electron chi connectivity index (χ1n) is 6.91. The van der Waals surface area contributed by atoms with Crippen LogP contribution < -0.4 is 5.32 Å². The predicted molar refractivity (Wildman–Crippen MR) is 69.3 cm³/mol. The van der Waals surface area contributed by atoms with E-state index in [4.69, 9.17) is 0 Å². The molecular formula is C13H22N4O. The van der Waals surface area contributed by atoms with Crippen LogP contribution in [-0.2, 0) is 17.8 Å². The third-order valence-corrected chi connectivity index (χ3v) is 3.53. The topological polar surface area (TPSA) is 59.8 Å². The molecule has 1 N–H and O–H groups in total. The highest BCUT2D eigenvalue weighted by atomic mass is 16.1. The minimum Gasteiger partial charge on any atom is -0.314 e. The van der Waals surface area contributed by atoms with Gasteiger partial charge in [-0.25, -0.2) is 9.67 Å². The predicted octanol–water partition coefficient (Wildman–Crippen LogP) is 1.33. The van der Waals surface area contributed by atoms with Gasteiger partial charge in [-0.05, 0) is 32.7 Å². The molecule has 1 fully saturated rings. The molecule has 0 aliphatic carbocycles. The maximum Gasteiger partial charge on any atom is 0.140 e. The number of nitrogens with zero attached hydrogens (tertiary/aromatic N) is 3. The van der Waals surface area contributed by atoms with E-state index in [2.05, 4.69) is 15.4 Å². The SMILES string of the molecule is CCn1ncnc1CC(=O)CCC1CCCCN1. The van der Waals surface area contributed by atoms with Crippen molar-refractivity contribution in [3.05, 3.63) is 12.2 Å². The molecule has 1 unspecified atom stereocenters. The molecule has 0 bridgehead atoms. The minimum absolute atomic E-state index is 0.269. The second kappa shape index (κ2) is 6.64. The number of rotatable bonds is 6. The van der Waals surface area contributed by atoms with E-state index in [-0.39, 0.29) is 5.78 Å². The van der Waals surface area contributed by atoms with E-state index < -0.39 is 0 Å². The molecule has 1 atom stereocenters. The Kier molecular flexibility index (Phi) is 4.87. The van der Waals surface area contributed by atoms with Crippen LogP contribution in [0.4, 0.5) is 0 Å². The van der Waals surface area contributed by atoms with Gasteiger partial charge in [-0.3, -0.25) is 4.79 Å². The monoisotopic (exact) mass is 250 g/mol. The van der Waals surface area contributed by atoms with E-state index in [9.17, 15) is 4.79 Å². The summed E-state index contributed by atoms with van der Waals surface area (Å²) in [7, 11) is 0. The number of nitrogens with one attached hydrogen (secondary N) is 1. The summed E-state index contributed by atoms with van der Waals surface area (Å²) < 4.78 is 1.79. The van der Waals surface area contributed by atoms with Gasteiger partial charge in [0.25, 0.3) is 0 Å². The number of aromatic nitrogens is 3. The van der Waals surface area contributed by atoms with E-state index in [1.807, 2.05) is 6.92 Å². The summed E-state index contributed by atoms with van der Waals surface area (Å²) in [5, 5.41) is 7.55. The van der Waals surface area contributed by atoms with Crippen LogP contribution in [-0.4, -0.2) is 33.1 Å². The van der Waals surface area contributed by atoms with Gasteiger partial charge in [-0.15, -0.1) is 0 Å². The third-order valence-electron chi connectivity index (χ3n) is 3.53. The second-order valence-electron chi connectivity index (χ2n) is 4.89. The standard InChI is InChI=1S/C13H22N4O/c1-2-17-13(15-10-16-17)9-12(18)7-6-11-5-3-4-8-14-11/h10-11,14H,2-9H2,1H3. The first-order valence-corrected chi connectivity index (χ1v) is 6.91. The van der Waals surface area contributed by atoms with Crippen LogP contribution in [0, 0.1) is 0 Å². The molecule has 0 aromatic carbocycles. The highest BCUT2D eigenvalue weighted by molar-refractivity contribution is 5.80. The van der Waals surface area contributed by atoms with Gasteiger partial charge in [-0.2, -0.15) is 5.10 Å². The summed E-state index contributed by atoms with van der Waals surface area (Å²) in [6, 6.07) is 0.534. The first-order chi connectivity index (χ1) is 8.79. The lowest BCUT2D eigenvalue weighted by Gasteiger charge is -2.22. The molecule has 1 aliphatic rings. The number of piperidine rings is 1. The summed E-state index contributed by atoms with van der Waals surface area (Å²) in [4.78, 5) is 16.0. The molecule has 0 radical (unpaired) electrons. The third kappa shape index (κ3) is 3.63. The fraction of sp³-hybridized carbons (Fsp3) is 0.769. The Morgan fingerprint density at radius 2 is 2.44 bits per heavy atom. The Morgan fingerprint density at radius 1 is 1.56 bits per heavy atom. The molecular weight excluding hydrogens is 228 g/mol. The zero-order valence-corrected chi connectivity index (χ0v) is 11.1. The summed E-state index contributed by atoms with van der Waals surface area (Å²) in [5.41, 5.74) is 0. The van der Waals surface area contributed by atoms with Gasteiger partial charge in [0.05, 0.1) is 6.42 Å². The van der Waals surface area contributed by atoms with Crippen molar-refractivity contribution in [2.75, 3.05) is 6.54 Å². The number of carbonyl (C=O) groups is 1. The van der Waals surface area contributed by atoms with E-state index >= 15 is 0 Å². The van der Waals surface area contributed by atoms with Gasteiger partial charge in [0, 0.05) is 19.0 Å². The fourth-order valence-electron chi connectivity index (χ4n) is 2.46. The van der Waals surface area contributed by atoms with Gasteiger partial charge in [0.1, 0.15) is 17.9 Å². The maximum atomic E-state index is 11.9. The van der Waals surface area contributed by atoms with Crippen molar-refractivity contribution in [1.29, 1.82) is 0 Å². The molecule has 100 valence electrons. The maximum absolute atomic E-state index is 11.9. The van der Waals surface area contributed by atoms with Gasteiger partial charge in [0.2, 0.25) is 0 Å². The van der Waals surface area contributed by atoms with Gasteiger partial charge in [-0.1, -0.05) is 6.42 Å². The van der Waals surface area contributed by atoms with E-state index in [1.54, 1.807) is 4.68 Å². The van der Waals surface area contributed by atoms with Crippen LogP contribution >= 0.6 is 0 Å². The molecule has 1 aromatic rings. The average molecular weight is 250 g/mol. The van der Waals surface area contributed by atoms with Crippen molar-refractivity contribution >= 4 is 5.78 Å². The van der Waals surface area contributed by atoms with Crippen molar-refractivity contribution in [1.82, 2.24) is 20.1 Å². The lowest BCUT2D eigenvalue weighted by Crippen LogP contribution is -2.34. The van der Waals surface area contributed by atoms with Gasteiger partial charge < -0.3 is 5.32 Å². The van der Waals surface area contributed by atoms with Crippen molar-refractivity contribution in [3.63, 3.8) is 0 Å². The molecule has 18 heavy (non-hydrogen) atoms. The zero-order valence-electron chi connectivity index (χ0n) is 11.1. The minimum atomic E-state index is 0.269. The molecule has 5 nitrogen and oxygen atoms in total. The molecule has 0 spiro atoms. The molecule has 1 aromatic heterocycles. The van der Waals surface area contributed by atoms with Gasteiger partial charge in [0.15, 0.2) is 0 Å². The van der Waals surface area contributed by atoms with Crippen LogP contribution in [0.25, 0.3) is 0 Å².